The van der Waals surface area contributed by atoms with Crippen LogP contribution in [0.4, 0.5) is 0 Å². The summed E-state index contributed by atoms with van der Waals surface area (Å²) in [7, 11) is 0. The molecule has 0 bridgehead atoms. The summed E-state index contributed by atoms with van der Waals surface area (Å²) in [6.45, 7) is 7.31. The van der Waals surface area contributed by atoms with E-state index in [-0.39, 0.29) is 18.4 Å². The van der Waals surface area contributed by atoms with E-state index in [2.05, 4.69) is 18.7 Å². The molecular formula is C15H21Cl2NO2. The minimum Gasteiger partial charge on any atom is -0.461 e. The Labute approximate surface area is 132 Å². The molecule has 0 atom stereocenters. The minimum atomic E-state index is -0.317. The molecule has 0 fully saturated rings. The number of ether oxygens (including phenoxy) is 1. The van der Waals surface area contributed by atoms with Crippen molar-refractivity contribution in [3.8, 4) is 0 Å². The lowest BCUT2D eigenvalue weighted by Crippen LogP contribution is -2.27. The molecule has 0 saturated heterocycles. The third kappa shape index (κ3) is 7.53. The van der Waals surface area contributed by atoms with Crippen LogP contribution in [0.25, 0.3) is 6.08 Å². The van der Waals surface area contributed by atoms with Crippen LogP contribution in [0.5, 0.6) is 0 Å². The van der Waals surface area contributed by atoms with Gasteiger partial charge in [0.2, 0.25) is 0 Å². The van der Waals surface area contributed by atoms with Crippen molar-refractivity contribution in [2.24, 2.45) is 0 Å². The van der Waals surface area contributed by atoms with E-state index in [9.17, 15) is 4.79 Å². The first-order valence-electron chi connectivity index (χ1n) is 6.48. The fourth-order valence-electron chi connectivity index (χ4n) is 1.60. The van der Waals surface area contributed by atoms with Crippen LogP contribution in [0.2, 0.25) is 5.02 Å². The van der Waals surface area contributed by atoms with E-state index < -0.39 is 0 Å². The van der Waals surface area contributed by atoms with E-state index in [0.717, 1.165) is 25.2 Å². The van der Waals surface area contributed by atoms with Crippen LogP contribution in [0.1, 0.15) is 19.4 Å². The van der Waals surface area contributed by atoms with Gasteiger partial charge in [-0.15, -0.1) is 12.4 Å². The van der Waals surface area contributed by atoms with Crippen molar-refractivity contribution in [2.75, 3.05) is 26.2 Å². The van der Waals surface area contributed by atoms with Crippen LogP contribution in [-0.4, -0.2) is 37.1 Å². The predicted octanol–water partition coefficient (Wildman–Crippen LogP) is 3.66. The number of likely N-dealkylation sites (N-methyl/N-ethyl adjacent to an activating group) is 1. The highest BCUT2D eigenvalue weighted by molar-refractivity contribution is 6.30. The fourth-order valence-corrected chi connectivity index (χ4v) is 1.73. The Bertz CT molecular complexity index is 414. The van der Waals surface area contributed by atoms with E-state index in [0.29, 0.717) is 11.6 Å². The van der Waals surface area contributed by atoms with E-state index in [4.69, 9.17) is 16.3 Å². The molecule has 0 unspecified atom stereocenters. The van der Waals surface area contributed by atoms with E-state index in [1.54, 1.807) is 18.2 Å². The molecule has 0 aliphatic carbocycles. The molecule has 0 aliphatic heterocycles. The van der Waals surface area contributed by atoms with Crippen molar-refractivity contribution in [3.05, 3.63) is 40.9 Å². The lowest BCUT2D eigenvalue weighted by molar-refractivity contribution is -0.138. The van der Waals surface area contributed by atoms with Gasteiger partial charge in [0.05, 0.1) is 0 Å². The summed E-state index contributed by atoms with van der Waals surface area (Å²) in [6, 6.07) is 7.27. The molecule has 20 heavy (non-hydrogen) atoms. The summed E-state index contributed by atoms with van der Waals surface area (Å²) in [5.74, 6) is -0.317. The van der Waals surface area contributed by atoms with Gasteiger partial charge in [-0.1, -0.05) is 37.6 Å². The fraction of sp³-hybridized carbons (Fsp3) is 0.400. The molecule has 0 saturated carbocycles. The highest BCUT2D eigenvalue weighted by Gasteiger charge is 2.01. The molecule has 112 valence electrons. The Morgan fingerprint density at radius 3 is 2.40 bits per heavy atom. The van der Waals surface area contributed by atoms with Gasteiger partial charge in [-0.05, 0) is 36.9 Å². The van der Waals surface area contributed by atoms with Crippen LogP contribution in [0.3, 0.4) is 0 Å². The first-order valence-corrected chi connectivity index (χ1v) is 6.86. The van der Waals surface area contributed by atoms with E-state index in [1.807, 2.05) is 12.1 Å². The summed E-state index contributed by atoms with van der Waals surface area (Å²) >= 11 is 5.78. The lowest BCUT2D eigenvalue weighted by atomic mass is 10.2. The topological polar surface area (TPSA) is 29.5 Å². The Morgan fingerprint density at radius 2 is 1.85 bits per heavy atom. The van der Waals surface area contributed by atoms with E-state index >= 15 is 0 Å². The van der Waals surface area contributed by atoms with Gasteiger partial charge < -0.3 is 9.64 Å². The molecule has 1 rings (SSSR count). The van der Waals surface area contributed by atoms with Gasteiger partial charge in [-0.3, -0.25) is 0 Å². The first kappa shape index (κ1) is 19.0. The Hall–Kier alpha value is -1.03. The molecule has 3 nitrogen and oxygen atoms in total. The number of carbonyl (C=O) groups excluding carboxylic acids is 1. The van der Waals surface area contributed by atoms with Gasteiger partial charge in [0.1, 0.15) is 6.61 Å². The van der Waals surface area contributed by atoms with Crippen LogP contribution < -0.4 is 0 Å². The van der Waals surface area contributed by atoms with Crippen LogP contribution in [0.15, 0.2) is 30.3 Å². The number of halogens is 2. The Kier molecular flexibility index (Phi) is 10.2. The van der Waals surface area contributed by atoms with Crippen molar-refractivity contribution < 1.29 is 9.53 Å². The van der Waals surface area contributed by atoms with Crippen molar-refractivity contribution in [3.63, 3.8) is 0 Å². The molecule has 0 aromatic heterocycles. The van der Waals surface area contributed by atoms with Gasteiger partial charge >= 0.3 is 5.97 Å². The third-order valence-corrected chi connectivity index (χ3v) is 3.08. The monoisotopic (exact) mass is 317 g/mol. The predicted molar refractivity (Wildman–Crippen MR) is 86.5 cm³/mol. The highest BCUT2D eigenvalue weighted by Crippen LogP contribution is 2.10. The van der Waals surface area contributed by atoms with Crippen molar-refractivity contribution in [1.82, 2.24) is 4.90 Å². The average Bonchev–Trinajstić information content (AvgIpc) is 2.43. The maximum Gasteiger partial charge on any atom is 0.330 e. The normalized spacial score (nSPS) is 10.6. The van der Waals surface area contributed by atoms with Crippen molar-refractivity contribution in [1.29, 1.82) is 0 Å². The number of hydrogen-bond acceptors (Lipinski definition) is 3. The zero-order chi connectivity index (χ0) is 14.1. The molecular weight excluding hydrogens is 297 g/mol. The zero-order valence-electron chi connectivity index (χ0n) is 11.8. The molecule has 5 heteroatoms. The van der Waals surface area contributed by atoms with Crippen LogP contribution >= 0.6 is 24.0 Å². The van der Waals surface area contributed by atoms with Gasteiger partial charge in [0.15, 0.2) is 0 Å². The SMILES string of the molecule is CCN(CC)CCOC(=O)/C=C\c1ccc(Cl)cc1.Cl. The summed E-state index contributed by atoms with van der Waals surface area (Å²) in [5, 5.41) is 0.680. The Morgan fingerprint density at radius 1 is 1.25 bits per heavy atom. The number of nitrogens with zero attached hydrogens (tertiary/aromatic N) is 1. The van der Waals surface area contributed by atoms with Gasteiger partial charge in [-0.25, -0.2) is 4.79 Å². The molecule has 0 N–H and O–H groups in total. The van der Waals surface area contributed by atoms with Crippen molar-refractivity contribution in [2.45, 2.75) is 13.8 Å². The molecule has 0 spiro atoms. The number of hydrogen-bond donors (Lipinski definition) is 0. The largest absolute Gasteiger partial charge is 0.461 e. The van der Waals surface area contributed by atoms with Crippen LogP contribution in [0, 0.1) is 0 Å². The summed E-state index contributed by atoms with van der Waals surface area (Å²) < 4.78 is 5.13. The maximum atomic E-state index is 11.5. The lowest BCUT2D eigenvalue weighted by Gasteiger charge is -2.16. The maximum absolute atomic E-state index is 11.5. The number of esters is 1. The summed E-state index contributed by atoms with van der Waals surface area (Å²) in [6.07, 6.45) is 3.15. The molecule has 1 aromatic rings. The van der Waals surface area contributed by atoms with Gasteiger partial charge in [0.25, 0.3) is 0 Å². The second kappa shape index (κ2) is 10.7. The standard InChI is InChI=1S/C15H20ClNO2.ClH/c1-3-17(4-2)11-12-19-15(18)10-7-13-5-8-14(16)9-6-13;/h5-10H,3-4,11-12H2,1-2H3;1H/b10-7-;. The quantitative estimate of drug-likeness (QED) is 0.567. The van der Waals surface area contributed by atoms with Gasteiger partial charge in [0, 0.05) is 17.6 Å². The number of rotatable bonds is 7. The molecule has 0 radical (unpaired) electrons. The third-order valence-electron chi connectivity index (χ3n) is 2.83. The first-order chi connectivity index (χ1) is 9.15. The van der Waals surface area contributed by atoms with E-state index in [1.165, 1.54) is 6.08 Å². The van der Waals surface area contributed by atoms with Gasteiger partial charge in [-0.2, -0.15) is 0 Å². The highest BCUT2D eigenvalue weighted by atomic mass is 35.5. The molecule has 0 aliphatic rings. The molecule has 0 amide bonds. The average molecular weight is 318 g/mol. The Balaban J connectivity index is 0.00000361. The van der Waals surface area contributed by atoms with Crippen LogP contribution in [-0.2, 0) is 9.53 Å². The summed E-state index contributed by atoms with van der Waals surface area (Å²) in [5.41, 5.74) is 0.921. The number of benzene rings is 1. The second-order valence-corrected chi connectivity index (χ2v) is 4.52. The molecule has 0 heterocycles. The minimum absolute atomic E-state index is 0. The van der Waals surface area contributed by atoms with Crippen molar-refractivity contribution >= 4 is 36.1 Å². The number of carbonyl (C=O) groups is 1. The zero-order valence-corrected chi connectivity index (χ0v) is 13.4. The summed E-state index contributed by atoms with van der Waals surface area (Å²) in [4.78, 5) is 13.7. The molecule has 1 aromatic carbocycles. The second-order valence-electron chi connectivity index (χ2n) is 4.08. The smallest absolute Gasteiger partial charge is 0.330 e.